The van der Waals surface area contributed by atoms with Gasteiger partial charge in [0.05, 0.1) is 0 Å². The summed E-state index contributed by atoms with van der Waals surface area (Å²) in [7, 11) is 0. The maximum absolute atomic E-state index is 10.9. The van der Waals surface area contributed by atoms with Crippen molar-refractivity contribution in [3.05, 3.63) is 23.3 Å². The highest BCUT2D eigenvalue weighted by atomic mass is 16.7. The van der Waals surface area contributed by atoms with Crippen LogP contribution >= 0.6 is 0 Å². The molecule has 2 N–H and O–H groups in total. The Labute approximate surface area is 177 Å². The Morgan fingerprint density at radius 2 is 1.24 bits per heavy atom. The lowest BCUT2D eigenvalue weighted by atomic mass is 9.95. The van der Waals surface area contributed by atoms with Gasteiger partial charge in [-0.15, -0.1) is 0 Å². The van der Waals surface area contributed by atoms with Gasteiger partial charge in [-0.25, -0.2) is 4.79 Å². The molecule has 4 nitrogen and oxygen atoms in total. The van der Waals surface area contributed by atoms with Gasteiger partial charge >= 0.3 is 6.16 Å². The van der Waals surface area contributed by atoms with E-state index in [0.717, 1.165) is 43.2 Å². The number of hydrogen-bond acceptors (Lipinski definition) is 3. The van der Waals surface area contributed by atoms with Gasteiger partial charge in [0.2, 0.25) is 0 Å². The van der Waals surface area contributed by atoms with Crippen molar-refractivity contribution in [2.45, 2.75) is 117 Å². The van der Waals surface area contributed by atoms with E-state index in [1.165, 1.54) is 70.6 Å². The Morgan fingerprint density at radius 3 is 1.76 bits per heavy atom. The molecule has 4 heteroatoms. The van der Waals surface area contributed by atoms with E-state index in [-0.39, 0.29) is 11.5 Å². The van der Waals surface area contributed by atoms with Gasteiger partial charge < -0.3 is 14.9 Å². The van der Waals surface area contributed by atoms with Crippen LogP contribution < -0.4 is 4.74 Å². The third-order valence-corrected chi connectivity index (χ3v) is 5.62. The second-order valence-corrected chi connectivity index (χ2v) is 8.16. The molecule has 0 unspecified atom stereocenters. The standard InChI is InChI=1S/C25H42O4/c1-3-5-7-9-11-13-15-17-21-19-20-23(29-25(27)28)24(26)22(21)18-16-14-12-10-8-6-4-2/h19-20,26H,3-18H2,1-2H3,(H,27,28). The van der Waals surface area contributed by atoms with E-state index < -0.39 is 6.16 Å². The minimum atomic E-state index is -1.39. The number of phenolic OH excluding ortho intramolecular Hbond substituents is 1. The monoisotopic (exact) mass is 406 g/mol. The van der Waals surface area contributed by atoms with E-state index in [1.54, 1.807) is 6.07 Å². The number of ether oxygens (including phenoxy) is 1. The van der Waals surface area contributed by atoms with E-state index in [0.29, 0.717) is 0 Å². The minimum absolute atomic E-state index is 0.0128. The van der Waals surface area contributed by atoms with Gasteiger partial charge in [0.25, 0.3) is 0 Å². The quantitative estimate of drug-likeness (QED) is 0.156. The molecule has 0 fully saturated rings. The van der Waals surface area contributed by atoms with Gasteiger partial charge in [0.1, 0.15) is 0 Å². The predicted octanol–water partition coefficient (Wildman–Crippen LogP) is 8.04. The second kappa shape index (κ2) is 16.1. The number of unbranched alkanes of at least 4 members (excludes halogenated alkanes) is 12. The van der Waals surface area contributed by atoms with Crippen LogP contribution in [0.25, 0.3) is 0 Å². The van der Waals surface area contributed by atoms with Crippen LogP contribution in [0, 0.1) is 0 Å². The van der Waals surface area contributed by atoms with Gasteiger partial charge in [-0.3, -0.25) is 0 Å². The molecule has 166 valence electrons. The highest BCUT2D eigenvalue weighted by molar-refractivity contribution is 5.64. The fourth-order valence-electron chi connectivity index (χ4n) is 3.88. The fraction of sp³-hybridized carbons (Fsp3) is 0.720. The summed E-state index contributed by atoms with van der Waals surface area (Å²) in [6.45, 7) is 4.46. The van der Waals surface area contributed by atoms with Crippen LogP contribution in [0.2, 0.25) is 0 Å². The second-order valence-electron chi connectivity index (χ2n) is 8.16. The van der Waals surface area contributed by atoms with Crippen LogP contribution in [0.15, 0.2) is 12.1 Å². The zero-order chi connectivity index (χ0) is 21.3. The first-order valence-corrected chi connectivity index (χ1v) is 11.8. The van der Waals surface area contributed by atoms with Crippen molar-refractivity contribution in [2.75, 3.05) is 0 Å². The summed E-state index contributed by atoms with van der Waals surface area (Å²) in [6.07, 6.45) is 17.6. The molecule has 0 saturated heterocycles. The number of aryl methyl sites for hydroxylation is 1. The molecule has 0 amide bonds. The molecule has 0 aliphatic rings. The normalized spacial score (nSPS) is 11.0. The van der Waals surface area contributed by atoms with Crippen molar-refractivity contribution in [3.63, 3.8) is 0 Å². The Kier molecular flexibility index (Phi) is 14.1. The first-order chi connectivity index (χ1) is 14.1. The largest absolute Gasteiger partial charge is 0.511 e. The lowest BCUT2D eigenvalue weighted by Crippen LogP contribution is -2.05. The molecule has 0 aliphatic carbocycles. The number of carboxylic acid groups (broad SMARTS) is 1. The first-order valence-electron chi connectivity index (χ1n) is 11.8. The van der Waals surface area contributed by atoms with Crippen molar-refractivity contribution in [3.8, 4) is 11.5 Å². The van der Waals surface area contributed by atoms with Gasteiger partial charge in [-0.2, -0.15) is 0 Å². The molecule has 0 aliphatic heterocycles. The highest BCUT2D eigenvalue weighted by Crippen LogP contribution is 2.35. The Balaban J connectivity index is 2.58. The average Bonchev–Trinajstić information content (AvgIpc) is 2.69. The smallest absolute Gasteiger partial charge is 0.504 e. The summed E-state index contributed by atoms with van der Waals surface area (Å²) in [6, 6.07) is 3.53. The number of aromatic hydroxyl groups is 1. The molecule has 0 atom stereocenters. The Bertz CT molecular complexity index is 568. The topological polar surface area (TPSA) is 66.8 Å². The third kappa shape index (κ3) is 11.2. The molecule has 0 saturated carbocycles. The molecule has 0 heterocycles. The van der Waals surface area contributed by atoms with Crippen LogP contribution in [-0.2, 0) is 12.8 Å². The van der Waals surface area contributed by atoms with Crippen LogP contribution in [-0.4, -0.2) is 16.4 Å². The molecule has 1 aromatic carbocycles. The molecular weight excluding hydrogens is 364 g/mol. The lowest BCUT2D eigenvalue weighted by Gasteiger charge is -2.14. The summed E-state index contributed by atoms with van der Waals surface area (Å²) in [5.74, 6) is 0.0672. The van der Waals surface area contributed by atoms with Crippen molar-refractivity contribution >= 4 is 6.16 Å². The van der Waals surface area contributed by atoms with Crippen LogP contribution in [0.1, 0.15) is 115 Å². The number of carbonyl (C=O) groups is 1. The van der Waals surface area contributed by atoms with Gasteiger partial charge in [0, 0.05) is 5.56 Å². The summed E-state index contributed by atoms with van der Waals surface area (Å²) < 4.78 is 4.76. The predicted molar refractivity (Wildman–Crippen MR) is 120 cm³/mol. The van der Waals surface area contributed by atoms with E-state index >= 15 is 0 Å². The zero-order valence-electron chi connectivity index (χ0n) is 18.7. The molecule has 29 heavy (non-hydrogen) atoms. The molecule has 0 aromatic heterocycles. The zero-order valence-corrected chi connectivity index (χ0v) is 18.7. The van der Waals surface area contributed by atoms with Crippen molar-refractivity contribution in [1.29, 1.82) is 0 Å². The highest BCUT2D eigenvalue weighted by Gasteiger charge is 2.15. The van der Waals surface area contributed by atoms with Gasteiger partial charge in [-0.1, -0.05) is 97.0 Å². The summed E-state index contributed by atoms with van der Waals surface area (Å²) in [5.41, 5.74) is 2.02. The Hall–Kier alpha value is -1.71. The lowest BCUT2D eigenvalue weighted by molar-refractivity contribution is 0.142. The van der Waals surface area contributed by atoms with Crippen LogP contribution in [0.5, 0.6) is 11.5 Å². The molecule has 0 radical (unpaired) electrons. The van der Waals surface area contributed by atoms with Crippen molar-refractivity contribution in [2.24, 2.45) is 0 Å². The Morgan fingerprint density at radius 1 is 0.759 bits per heavy atom. The number of benzene rings is 1. The van der Waals surface area contributed by atoms with E-state index in [1.807, 2.05) is 6.07 Å². The van der Waals surface area contributed by atoms with Crippen molar-refractivity contribution < 1.29 is 19.7 Å². The summed E-state index contributed by atoms with van der Waals surface area (Å²) in [5, 5.41) is 19.5. The summed E-state index contributed by atoms with van der Waals surface area (Å²) >= 11 is 0. The SMILES string of the molecule is CCCCCCCCCc1ccc(OC(=O)O)c(O)c1CCCCCCCCC. The number of phenols is 1. The number of rotatable bonds is 17. The van der Waals surface area contributed by atoms with Crippen molar-refractivity contribution in [1.82, 2.24) is 0 Å². The molecule has 1 aromatic rings. The molecular formula is C25H42O4. The maximum atomic E-state index is 10.9. The average molecular weight is 407 g/mol. The van der Waals surface area contributed by atoms with E-state index in [4.69, 9.17) is 9.84 Å². The first kappa shape index (κ1) is 25.3. The maximum Gasteiger partial charge on any atom is 0.511 e. The fourth-order valence-corrected chi connectivity index (χ4v) is 3.88. The van der Waals surface area contributed by atoms with E-state index in [2.05, 4.69) is 13.8 Å². The minimum Gasteiger partial charge on any atom is -0.504 e. The molecule has 0 spiro atoms. The van der Waals surface area contributed by atoms with Gasteiger partial charge in [0.15, 0.2) is 11.5 Å². The summed E-state index contributed by atoms with van der Waals surface area (Å²) in [4.78, 5) is 10.9. The van der Waals surface area contributed by atoms with Gasteiger partial charge in [-0.05, 0) is 37.3 Å². The van der Waals surface area contributed by atoms with Crippen LogP contribution in [0.3, 0.4) is 0 Å². The van der Waals surface area contributed by atoms with Crippen LogP contribution in [0.4, 0.5) is 4.79 Å². The molecule has 0 bridgehead atoms. The number of hydrogen-bond donors (Lipinski definition) is 2. The molecule has 1 rings (SSSR count). The van der Waals surface area contributed by atoms with E-state index in [9.17, 15) is 9.90 Å². The third-order valence-electron chi connectivity index (χ3n) is 5.62.